The molecule has 2 aromatic rings. The van der Waals surface area contributed by atoms with Gasteiger partial charge in [0.25, 0.3) is 0 Å². The SMILES string of the molecule is CC(C)n1cncc1-c1ccc(Cl)cc1. The maximum atomic E-state index is 5.85. The van der Waals surface area contributed by atoms with Crippen LogP contribution in [0.1, 0.15) is 19.9 Å². The van der Waals surface area contributed by atoms with Gasteiger partial charge in [0.1, 0.15) is 0 Å². The van der Waals surface area contributed by atoms with Crippen molar-refractivity contribution in [2.45, 2.75) is 19.9 Å². The lowest BCUT2D eigenvalue weighted by atomic mass is 10.1. The number of aromatic nitrogens is 2. The van der Waals surface area contributed by atoms with Gasteiger partial charge in [0.15, 0.2) is 0 Å². The van der Waals surface area contributed by atoms with Crippen molar-refractivity contribution in [2.75, 3.05) is 0 Å². The summed E-state index contributed by atoms with van der Waals surface area (Å²) in [7, 11) is 0. The van der Waals surface area contributed by atoms with Crippen LogP contribution >= 0.6 is 11.6 Å². The Morgan fingerprint density at radius 2 is 1.87 bits per heavy atom. The fourth-order valence-corrected chi connectivity index (χ4v) is 1.69. The van der Waals surface area contributed by atoms with Gasteiger partial charge in [-0.25, -0.2) is 4.98 Å². The average molecular weight is 221 g/mol. The molecule has 0 saturated heterocycles. The quantitative estimate of drug-likeness (QED) is 0.753. The zero-order valence-corrected chi connectivity index (χ0v) is 9.57. The van der Waals surface area contributed by atoms with Gasteiger partial charge in [-0.3, -0.25) is 0 Å². The van der Waals surface area contributed by atoms with Crippen molar-refractivity contribution in [3.8, 4) is 11.3 Å². The molecule has 0 amide bonds. The van der Waals surface area contributed by atoms with Crippen LogP contribution in [0.4, 0.5) is 0 Å². The minimum atomic E-state index is 0.415. The lowest BCUT2D eigenvalue weighted by Crippen LogP contribution is -2.00. The highest BCUT2D eigenvalue weighted by Crippen LogP contribution is 2.23. The van der Waals surface area contributed by atoms with Crippen LogP contribution in [0.5, 0.6) is 0 Å². The number of hydrogen-bond acceptors (Lipinski definition) is 1. The smallest absolute Gasteiger partial charge is 0.0953 e. The third-order valence-corrected chi connectivity index (χ3v) is 2.61. The maximum absolute atomic E-state index is 5.85. The van der Waals surface area contributed by atoms with E-state index >= 15 is 0 Å². The van der Waals surface area contributed by atoms with Crippen LogP contribution in [0, 0.1) is 0 Å². The van der Waals surface area contributed by atoms with Gasteiger partial charge >= 0.3 is 0 Å². The fourth-order valence-electron chi connectivity index (χ4n) is 1.56. The maximum Gasteiger partial charge on any atom is 0.0953 e. The monoisotopic (exact) mass is 220 g/mol. The van der Waals surface area contributed by atoms with Crippen LogP contribution in [0.3, 0.4) is 0 Å². The molecule has 0 unspecified atom stereocenters. The van der Waals surface area contributed by atoms with E-state index in [-0.39, 0.29) is 0 Å². The second kappa shape index (κ2) is 4.07. The molecule has 0 fully saturated rings. The molecule has 1 aromatic carbocycles. The van der Waals surface area contributed by atoms with Gasteiger partial charge < -0.3 is 4.57 Å². The van der Waals surface area contributed by atoms with E-state index in [0.717, 1.165) is 16.3 Å². The molecular formula is C12H13ClN2. The first-order chi connectivity index (χ1) is 7.18. The fraction of sp³-hybridized carbons (Fsp3) is 0.250. The molecule has 0 aliphatic heterocycles. The minimum Gasteiger partial charge on any atom is -0.328 e. The van der Waals surface area contributed by atoms with Crippen molar-refractivity contribution in [1.82, 2.24) is 9.55 Å². The van der Waals surface area contributed by atoms with E-state index in [4.69, 9.17) is 11.6 Å². The Kier molecular flexibility index (Phi) is 2.78. The molecule has 0 aliphatic rings. The van der Waals surface area contributed by atoms with E-state index in [2.05, 4.69) is 23.4 Å². The largest absolute Gasteiger partial charge is 0.328 e. The van der Waals surface area contributed by atoms with E-state index in [1.807, 2.05) is 36.8 Å². The van der Waals surface area contributed by atoms with Gasteiger partial charge in [0, 0.05) is 11.1 Å². The second-order valence-corrected chi connectivity index (χ2v) is 4.22. The molecule has 78 valence electrons. The van der Waals surface area contributed by atoms with Gasteiger partial charge in [-0.15, -0.1) is 0 Å². The highest BCUT2D eigenvalue weighted by atomic mass is 35.5. The molecule has 3 heteroatoms. The average Bonchev–Trinajstić information content (AvgIpc) is 2.67. The number of rotatable bonds is 2. The molecule has 0 aliphatic carbocycles. The standard InChI is InChI=1S/C12H13ClN2/c1-9(2)15-8-14-7-12(15)10-3-5-11(13)6-4-10/h3-9H,1-2H3. The number of imidazole rings is 1. The van der Waals surface area contributed by atoms with E-state index in [1.165, 1.54) is 0 Å². The summed E-state index contributed by atoms with van der Waals surface area (Å²) in [5, 5.41) is 0.759. The lowest BCUT2D eigenvalue weighted by Gasteiger charge is -2.11. The molecule has 2 rings (SSSR count). The van der Waals surface area contributed by atoms with E-state index in [0.29, 0.717) is 6.04 Å². The first-order valence-corrected chi connectivity index (χ1v) is 5.34. The molecule has 0 atom stereocenters. The zero-order valence-electron chi connectivity index (χ0n) is 8.81. The van der Waals surface area contributed by atoms with Gasteiger partial charge in [0.05, 0.1) is 18.2 Å². The van der Waals surface area contributed by atoms with Gasteiger partial charge in [-0.2, -0.15) is 0 Å². The molecular weight excluding hydrogens is 208 g/mol. The van der Waals surface area contributed by atoms with Crippen LogP contribution in [-0.4, -0.2) is 9.55 Å². The summed E-state index contributed by atoms with van der Waals surface area (Å²) in [6, 6.07) is 8.23. The van der Waals surface area contributed by atoms with Crippen molar-refractivity contribution < 1.29 is 0 Å². The lowest BCUT2D eigenvalue weighted by molar-refractivity contribution is 0.605. The first kappa shape index (κ1) is 10.2. The van der Waals surface area contributed by atoms with Gasteiger partial charge in [0.2, 0.25) is 0 Å². The minimum absolute atomic E-state index is 0.415. The van der Waals surface area contributed by atoms with Crippen molar-refractivity contribution in [3.63, 3.8) is 0 Å². The Labute approximate surface area is 94.5 Å². The first-order valence-electron chi connectivity index (χ1n) is 4.96. The van der Waals surface area contributed by atoms with Crippen molar-refractivity contribution >= 4 is 11.6 Å². The summed E-state index contributed by atoms with van der Waals surface area (Å²) >= 11 is 5.85. The molecule has 0 radical (unpaired) electrons. The number of hydrogen-bond donors (Lipinski definition) is 0. The van der Waals surface area contributed by atoms with Gasteiger partial charge in [-0.05, 0) is 31.5 Å². The highest BCUT2D eigenvalue weighted by Gasteiger charge is 2.06. The van der Waals surface area contributed by atoms with Crippen molar-refractivity contribution in [3.05, 3.63) is 41.8 Å². The highest BCUT2D eigenvalue weighted by molar-refractivity contribution is 6.30. The molecule has 2 nitrogen and oxygen atoms in total. The zero-order chi connectivity index (χ0) is 10.8. The summed E-state index contributed by atoms with van der Waals surface area (Å²) in [6.07, 6.45) is 3.73. The van der Waals surface area contributed by atoms with E-state index in [1.54, 1.807) is 0 Å². The molecule has 0 saturated carbocycles. The molecule has 1 aromatic heterocycles. The molecule has 1 heterocycles. The summed E-state index contributed by atoms with van der Waals surface area (Å²) in [5.41, 5.74) is 2.27. The third-order valence-electron chi connectivity index (χ3n) is 2.36. The molecule has 0 N–H and O–H groups in total. The van der Waals surface area contributed by atoms with E-state index < -0.39 is 0 Å². The molecule has 15 heavy (non-hydrogen) atoms. The van der Waals surface area contributed by atoms with Crippen LogP contribution in [-0.2, 0) is 0 Å². The van der Waals surface area contributed by atoms with Crippen molar-refractivity contribution in [1.29, 1.82) is 0 Å². The van der Waals surface area contributed by atoms with Crippen molar-refractivity contribution in [2.24, 2.45) is 0 Å². The number of nitrogens with zero attached hydrogens (tertiary/aromatic N) is 2. The normalized spacial score (nSPS) is 10.9. The number of benzene rings is 1. The summed E-state index contributed by atoms with van der Waals surface area (Å²) in [4.78, 5) is 4.17. The topological polar surface area (TPSA) is 17.8 Å². The molecule has 0 spiro atoms. The third kappa shape index (κ3) is 2.05. The van der Waals surface area contributed by atoms with Gasteiger partial charge in [-0.1, -0.05) is 23.7 Å². The predicted octanol–water partition coefficient (Wildman–Crippen LogP) is 3.78. The van der Waals surface area contributed by atoms with Crippen LogP contribution in [0.15, 0.2) is 36.8 Å². The Hall–Kier alpha value is -1.28. The second-order valence-electron chi connectivity index (χ2n) is 3.79. The Balaban J connectivity index is 2.45. The number of halogens is 1. The van der Waals surface area contributed by atoms with Crippen LogP contribution in [0.2, 0.25) is 5.02 Å². The van der Waals surface area contributed by atoms with E-state index in [9.17, 15) is 0 Å². The Morgan fingerprint density at radius 3 is 2.47 bits per heavy atom. The Bertz CT molecular complexity index is 443. The summed E-state index contributed by atoms with van der Waals surface area (Å²) in [6.45, 7) is 4.28. The van der Waals surface area contributed by atoms with Crippen LogP contribution < -0.4 is 0 Å². The Morgan fingerprint density at radius 1 is 1.20 bits per heavy atom. The van der Waals surface area contributed by atoms with Crippen LogP contribution in [0.25, 0.3) is 11.3 Å². The predicted molar refractivity (Wildman–Crippen MR) is 63.1 cm³/mol. The summed E-state index contributed by atoms with van der Waals surface area (Å²) < 4.78 is 2.14. The summed E-state index contributed by atoms with van der Waals surface area (Å²) in [5.74, 6) is 0. The molecule has 0 bridgehead atoms.